The SMILES string of the molecule is COc1ccc(Cl)c(CN2CCC(n3cc(CN)nn3)CC2)c1F. The number of piperidine rings is 1. The molecule has 1 aromatic carbocycles. The number of benzene rings is 1. The number of halogens is 2. The normalized spacial score (nSPS) is 16.5. The average Bonchev–Trinajstić information content (AvgIpc) is 3.08. The van der Waals surface area contributed by atoms with Crippen LogP contribution in [0.3, 0.4) is 0 Å². The van der Waals surface area contributed by atoms with Gasteiger partial charge in [0.05, 0.1) is 25.0 Å². The molecule has 0 spiro atoms. The molecule has 3 rings (SSSR count). The van der Waals surface area contributed by atoms with Gasteiger partial charge in [-0.25, -0.2) is 9.07 Å². The lowest BCUT2D eigenvalue weighted by Crippen LogP contribution is -2.34. The zero-order valence-corrected chi connectivity index (χ0v) is 14.3. The van der Waals surface area contributed by atoms with Crippen LogP contribution in [0.1, 0.15) is 30.1 Å². The summed E-state index contributed by atoms with van der Waals surface area (Å²) in [6.45, 7) is 2.55. The van der Waals surface area contributed by atoms with Crippen LogP contribution in [-0.2, 0) is 13.1 Å². The first-order chi connectivity index (χ1) is 11.6. The van der Waals surface area contributed by atoms with Gasteiger partial charge in [-0.1, -0.05) is 16.8 Å². The Morgan fingerprint density at radius 2 is 2.12 bits per heavy atom. The highest BCUT2D eigenvalue weighted by Gasteiger charge is 2.23. The Kier molecular flexibility index (Phi) is 5.33. The van der Waals surface area contributed by atoms with E-state index in [1.54, 1.807) is 12.1 Å². The molecule has 6 nitrogen and oxygen atoms in total. The molecule has 0 radical (unpaired) electrons. The second-order valence-electron chi connectivity index (χ2n) is 5.94. The minimum absolute atomic E-state index is 0.223. The Labute approximate surface area is 145 Å². The summed E-state index contributed by atoms with van der Waals surface area (Å²) in [5.41, 5.74) is 6.85. The summed E-state index contributed by atoms with van der Waals surface area (Å²) in [6, 6.07) is 3.53. The van der Waals surface area contributed by atoms with E-state index >= 15 is 0 Å². The smallest absolute Gasteiger partial charge is 0.171 e. The number of nitrogens with zero attached hydrogens (tertiary/aromatic N) is 4. The van der Waals surface area contributed by atoms with Crippen molar-refractivity contribution in [3.63, 3.8) is 0 Å². The molecule has 0 unspecified atom stereocenters. The maximum absolute atomic E-state index is 14.4. The number of ether oxygens (including phenoxy) is 1. The van der Waals surface area contributed by atoms with Crippen molar-refractivity contribution in [2.24, 2.45) is 5.73 Å². The maximum Gasteiger partial charge on any atom is 0.171 e. The molecule has 2 N–H and O–H groups in total. The van der Waals surface area contributed by atoms with Gasteiger partial charge in [0.15, 0.2) is 11.6 Å². The van der Waals surface area contributed by atoms with Crippen LogP contribution in [0, 0.1) is 5.82 Å². The summed E-state index contributed by atoms with van der Waals surface area (Å²) in [5.74, 6) is -0.155. The first-order valence-corrected chi connectivity index (χ1v) is 8.34. The van der Waals surface area contributed by atoms with E-state index in [0.29, 0.717) is 29.7 Å². The summed E-state index contributed by atoms with van der Waals surface area (Å²) >= 11 is 6.16. The molecule has 1 fully saturated rings. The fourth-order valence-corrected chi connectivity index (χ4v) is 3.24. The molecule has 1 saturated heterocycles. The van der Waals surface area contributed by atoms with Gasteiger partial charge in [0.25, 0.3) is 0 Å². The second kappa shape index (κ2) is 7.46. The number of aromatic nitrogens is 3. The third-order valence-corrected chi connectivity index (χ3v) is 4.80. The van der Waals surface area contributed by atoms with E-state index in [1.165, 1.54) is 7.11 Å². The molecule has 0 atom stereocenters. The van der Waals surface area contributed by atoms with Gasteiger partial charge < -0.3 is 10.5 Å². The van der Waals surface area contributed by atoms with E-state index in [9.17, 15) is 4.39 Å². The van der Waals surface area contributed by atoms with Crippen molar-refractivity contribution in [1.29, 1.82) is 0 Å². The summed E-state index contributed by atoms with van der Waals surface area (Å²) in [5, 5.41) is 8.60. The number of hydrogen-bond donors (Lipinski definition) is 1. The molecule has 0 aliphatic carbocycles. The quantitative estimate of drug-likeness (QED) is 0.893. The molecule has 2 aromatic rings. The molecular weight excluding hydrogens is 333 g/mol. The lowest BCUT2D eigenvalue weighted by atomic mass is 10.0. The standard InChI is InChI=1S/C16H21ClFN5O/c1-24-15-3-2-14(17)13(16(15)18)10-22-6-4-12(5-7-22)23-9-11(8-19)20-21-23/h2-3,9,12H,4-8,10,19H2,1H3. The van der Waals surface area contributed by atoms with Crippen molar-refractivity contribution in [3.05, 3.63) is 40.4 Å². The summed E-state index contributed by atoms with van der Waals surface area (Å²) in [4.78, 5) is 2.20. The summed E-state index contributed by atoms with van der Waals surface area (Å²) in [7, 11) is 1.45. The van der Waals surface area contributed by atoms with Crippen LogP contribution in [0.15, 0.2) is 18.3 Å². The first-order valence-electron chi connectivity index (χ1n) is 7.96. The van der Waals surface area contributed by atoms with Gasteiger partial charge in [0.2, 0.25) is 0 Å². The topological polar surface area (TPSA) is 69.2 Å². The molecule has 24 heavy (non-hydrogen) atoms. The molecule has 0 amide bonds. The van der Waals surface area contributed by atoms with Gasteiger partial charge in [-0.3, -0.25) is 4.90 Å². The minimum atomic E-state index is -0.379. The van der Waals surface area contributed by atoms with Crippen molar-refractivity contribution >= 4 is 11.6 Å². The monoisotopic (exact) mass is 353 g/mol. The third-order valence-electron chi connectivity index (χ3n) is 4.45. The minimum Gasteiger partial charge on any atom is -0.494 e. The van der Waals surface area contributed by atoms with Crippen molar-refractivity contribution in [2.75, 3.05) is 20.2 Å². The van der Waals surface area contributed by atoms with Crippen LogP contribution in [0.4, 0.5) is 4.39 Å². The maximum atomic E-state index is 14.4. The number of rotatable bonds is 5. The lowest BCUT2D eigenvalue weighted by molar-refractivity contribution is 0.170. The number of nitrogens with two attached hydrogens (primary N) is 1. The van der Waals surface area contributed by atoms with Crippen molar-refractivity contribution in [1.82, 2.24) is 19.9 Å². The van der Waals surface area contributed by atoms with E-state index in [-0.39, 0.29) is 11.6 Å². The first kappa shape index (κ1) is 17.1. The molecule has 2 heterocycles. The van der Waals surface area contributed by atoms with Gasteiger partial charge in [-0.05, 0) is 25.0 Å². The number of hydrogen-bond acceptors (Lipinski definition) is 5. The molecular formula is C16H21ClFN5O. The average molecular weight is 354 g/mol. The largest absolute Gasteiger partial charge is 0.494 e. The van der Waals surface area contributed by atoms with E-state index in [4.69, 9.17) is 22.1 Å². The van der Waals surface area contributed by atoms with Gasteiger partial charge in [0.1, 0.15) is 0 Å². The lowest BCUT2D eigenvalue weighted by Gasteiger charge is -2.32. The fourth-order valence-electron chi connectivity index (χ4n) is 3.03. The highest BCUT2D eigenvalue weighted by Crippen LogP contribution is 2.30. The molecule has 1 aliphatic heterocycles. The number of methoxy groups -OCH3 is 1. The second-order valence-corrected chi connectivity index (χ2v) is 6.35. The molecule has 0 bridgehead atoms. The van der Waals surface area contributed by atoms with Gasteiger partial charge in [-0.2, -0.15) is 0 Å². The van der Waals surface area contributed by atoms with E-state index in [0.717, 1.165) is 31.6 Å². The Hall–Kier alpha value is -1.70. The van der Waals surface area contributed by atoms with E-state index in [2.05, 4.69) is 15.2 Å². The summed E-state index contributed by atoms with van der Waals surface area (Å²) in [6.07, 6.45) is 3.76. The highest BCUT2D eigenvalue weighted by molar-refractivity contribution is 6.31. The van der Waals surface area contributed by atoms with Gasteiger partial charge in [0, 0.05) is 36.8 Å². The van der Waals surface area contributed by atoms with Crippen molar-refractivity contribution < 1.29 is 9.13 Å². The van der Waals surface area contributed by atoms with Crippen LogP contribution < -0.4 is 10.5 Å². The Morgan fingerprint density at radius 1 is 1.38 bits per heavy atom. The van der Waals surface area contributed by atoms with Crippen molar-refractivity contribution in [3.8, 4) is 5.75 Å². The fraction of sp³-hybridized carbons (Fsp3) is 0.500. The van der Waals surface area contributed by atoms with Crippen molar-refractivity contribution in [2.45, 2.75) is 32.0 Å². The molecule has 0 saturated carbocycles. The van der Waals surface area contributed by atoms with E-state index in [1.807, 2.05) is 10.9 Å². The zero-order chi connectivity index (χ0) is 17.1. The zero-order valence-electron chi connectivity index (χ0n) is 13.6. The Balaban J connectivity index is 1.63. The summed E-state index contributed by atoms with van der Waals surface area (Å²) < 4.78 is 21.3. The molecule has 1 aliphatic rings. The predicted octanol–water partition coefficient (Wildman–Crippen LogP) is 2.38. The third kappa shape index (κ3) is 3.53. The van der Waals surface area contributed by atoms with Gasteiger partial charge >= 0.3 is 0 Å². The van der Waals surface area contributed by atoms with Crippen LogP contribution >= 0.6 is 11.6 Å². The van der Waals surface area contributed by atoms with Crippen LogP contribution in [-0.4, -0.2) is 40.1 Å². The molecule has 8 heteroatoms. The Bertz CT molecular complexity index is 700. The van der Waals surface area contributed by atoms with Crippen LogP contribution in [0.25, 0.3) is 0 Å². The highest BCUT2D eigenvalue weighted by atomic mass is 35.5. The molecule has 1 aromatic heterocycles. The molecule has 130 valence electrons. The van der Waals surface area contributed by atoms with E-state index < -0.39 is 0 Å². The predicted molar refractivity (Wildman–Crippen MR) is 89.4 cm³/mol. The Morgan fingerprint density at radius 3 is 2.75 bits per heavy atom. The number of likely N-dealkylation sites (tertiary alicyclic amines) is 1. The van der Waals surface area contributed by atoms with Gasteiger partial charge in [-0.15, -0.1) is 5.10 Å². The van der Waals surface area contributed by atoms with Crippen LogP contribution in [0.5, 0.6) is 5.75 Å². The van der Waals surface area contributed by atoms with Crippen LogP contribution in [0.2, 0.25) is 5.02 Å².